The first kappa shape index (κ1) is 14.9. The summed E-state index contributed by atoms with van der Waals surface area (Å²) in [6.45, 7) is 4.43. The summed E-state index contributed by atoms with van der Waals surface area (Å²) in [7, 11) is 0. The second kappa shape index (κ2) is 6.37. The van der Waals surface area contributed by atoms with Gasteiger partial charge in [0.1, 0.15) is 0 Å². The van der Waals surface area contributed by atoms with Crippen LogP contribution in [0.4, 0.5) is 0 Å². The number of thiophene rings is 1. The molecule has 1 aliphatic rings. The first-order valence-electron chi connectivity index (χ1n) is 7.46. The summed E-state index contributed by atoms with van der Waals surface area (Å²) in [4.78, 5) is 14.9. The Labute approximate surface area is 134 Å². The van der Waals surface area contributed by atoms with E-state index in [1.54, 1.807) is 11.3 Å². The fourth-order valence-electron chi connectivity index (χ4n) is 2.66. The van der Waals surface area contributed by atoms with Crippen molar-refractivity contribution in [3.05, 3.63) is 56.8 Å². The van der Waals surface area contributed by atoms with Gasteiger partial charge in [0.05, 0.1) is 4.88 Å². The van der Waals surface area contributed by atoms with E-state index in [-0.39, 0.29) is 5.78 Å². The Balaban J connectivity index is 1.79. The first-order chi connectivity index (χ1) is 10.1. The smallest absolute Gasteiger partial charge is 0.202 e. The quantitative estimate of drug-likeness (QED) is 0.741. The molecule has 0 spiro atoms. The van der Waals surface area contributed by atoms with Gasteiger partial charge in [-0.05, 0) is 41.7 Å². The molecule has 0 radical (unpaired) electrons. The van der Waals surface area contributed by atoms with Crippen LogP contribution in [0.25, 0.3) is 0 Å². The molecule has 0 N–H and O–H groups in total. The molecular weight excluding hydrogens is 296 g/mol. The molecule has 0 bridgehead atoms. The molecule has 0 fully saturated rings. The molecule has 1 aromatic carbocycles. The van der Waals surface area contributed by atoms with E-state index in [4.69, 9.17) is 0 Å². The highest BCUT2D eigenvalue weighted by molar-refractivity contribution is 7.98. The van der Waals surface area contributed by atoms with Gasteiger partial charge in [-0.3, -0.25) is 4.79 Å². The third kappa shape index (κ3) is 3.41. The molecule has 3 rings (SSSR count). The summed E-state index contributed by atoms with van der Waals surface area (Å²) in [6.07, 6.45) is 2.18. The molecule has 1 aromatic heterocycles. The highest BCUT2D eigenvalue weighted by Gasteiger charge is 2.18. The molecule has 21 heavy (non-hydrogen) atoms. The van der Waals surface area contributed by atoms with Crippen LogP contribution in [0, 0.1) is 5.92 Å². The van der Waals surface area contributed by atoms with Crippen LogP contribution in [0.3, 0.4) is 0 Å². The van der Waals surface area contributed by atoms with Gasteiger partial charge in [0.15, 0.2) is 0 Å². The van der Waals surface area contributed by atoms with Crippen molar-refractivity contribution >= 4 is 28.9 Å². The van der Waals surface area contributed by atoms with E-state index in [0.29, 0.717) is 5.92 Å². The van der Waals surface area contributed by atoms with Crippen molar-refractivity contribution in [1.82, 2.24) is 0 Å². The molecular formula is C18H20OS2. The van der Waals surface area contributed by atoms with Crippen molar-refractivity contribution in [1.29, 1.82) is 0 Å². The van der Waals surface area contributed by atoms with Crippen LogP contribution in [0.2, 0.25) is 0 Å². The summed E-state index contributed by atoms with van der Waals surface area (Å²) in [5.74, 6) is 3.07. The molecule has 0 amide bonds. The summed E-state index contributed by atoms with van der Waals surface area (Å²) in [6, 6.07) is 10.3. The SMILES string of the molecule is CC(C)Cc1ccc(C(=O)c2cc3c(s2)CCSC3)cc1. The molecule has 0 unspecified atom stereocenters. The summed E-state index contributed by atoms with van der Waals surface area (Å²) in [5.41, 5.74) is 3.49. The second-order valence-electron chi connectivity index (χ2n) is 5.99. The molecule has 2 heterocycles. The predicted octanol–water partition coefficient (Wildman–Crippen LogP) is 4.97. The molecule has 3 heteroatoms. The van der Waals surface area contributed by atoms with Crippen LogP contribution in [0.5, 0.6) is 0 Å². The zero-order valence-corrected chi connectivity index (χ0v) is 14.2. The van der Waals surface area contributed by atoms with Crippen molar-refractivity contribution < 1.29 is 4.79 Å². The van der Waals surface area contributed by atoms with Crippen molar-refractivity contribution in [3.8, 4) is 0 Å². The van der Waals surface area contributed by atoms with E-state index < -0.39 is 0 Å². The Kier molecular flexibility index (Phi) is 4.51. The van der Waals surface area contributed by atoms with E-state index in [9.17, 15) is 4.79 Å². The normalized spacial score (nSPS) is 14.2. The lowest BCUT2D eigenvalue weighted by atomic mass is 10.0. The Morgan fingerprint density at radius 2 is 2.00 bits per heavy atom. The third-order valence-corrected chi connectivity index (χ3v) is 5.96. The van der Waals surface area contributed by atoms with E-state index in [1.807, 2.05) is 23.9 Å². The van der Waals surface area contributed by atoms with Crippen LogP contribution < -0.4 is 0 Å². The van der Waals surface area contributed by atoms with Crippen LogP contribution in [-0.4, -0.2) is 11.5 Å². The molecule has 0 saturated heterocycles. The lowest BCUT2D eigenvalue weighted by molar-refractivity contribution is 0.104. The van der Waals surface area contributed by atoms with Crippen LogP contribution in [-0.2, 0) is 18.6 Å². The Hall–Kier alpha value is -1.06. The predicted molar refractivity (Wildman–Crippen MR) is 92.6 cm³/mol. The highest BCUT2D eigenvalue weighted by Crippen LogP contribution is 2.32. The minimum atomic E-state index is 0.176. The molecule has 2 aromatic rings. The highest BCUT2D eigenvalue weighted by atomic mass is 32.2. The summed E-state index contributed by atoms with van der Waals surface area (Å²) < 4.78 is 0. The van der Waals surface area contributed by atoms with E-state index in [2.05, 4.69) is 32.0 Å². The zero-order valence-electron chi connectivity index (χ0n) is 12.5. The first-order valence-corrected chi connectivity index (χ1v) is 9.43. The summed E-state index contributed by atoms with van der Waals surface area (Å²) >= 11 is 3.65. The minimum Gasteiger partial charge on any atom is -0.288 e. The van der Waals surface area contributed by atoms with Gasteiger partial charge in [-0.1, -0.05) is 38.1 Å². The van der Waals surface area contributed by atoms with Gasteiger partial charge >= 0.3 is 0 Å². The minimum absolute atomic E-state index is 0.176. The lowest BCUT2D eigenvalue weighted by Crippen LogP contribution is -2.00. The molecule has 0 atom stereocenters. The Morgan fingerprint density at radius 1 is 1.24 bits per heavy atom. The van der Waals surface area contributed by atoms with Crippen LogP contribution in [0.15, 0.2) is 30.3 Å². The number of benzene rings is 1. The average molecular weight is 316 g/mol. The van der Waals surface area contributed by atoms with E-state index >= 15 is 0 Å². The summed E-state index contributed by atoms with van der Waals surface area (Å²) in [5, 5.41) is 0. The largest absolute Gasteiger partial charge is 0.288 e. The number of hydrogen-bond acceptors (Lipinski definition) is 3. The average Bonchev–Trinajstić information content (AvgIpc) is 2.90. The molecule has 1 aliphatic heterocycles. The van der Waals surface area contributed by atoms with Gasteiger partial charge in [0, 0.05) is 16.2 Å². The second-order valence-corrected chi connectivity index (χ2v) is 8.23. The number of rotatable bonds is 4. The maximum Gasteiger partial charge on any atom is 0.202 e. The van der Waals surface area contributed by atoms with Crippen molar-refractivity contribution in [3.63, 3.8) is 0 Å². The van der Waals surface area contributed by atoms with Crippen molar-refractivity contribution in [2.45, 2.75) is 32.4 Å². The number of thioether (sulfide) groups is 1. The third-order valence-electron chi connectivity index (χ3n) is 3.71. The fourth-order valence-corrected chi connectivity index (χ4v) is 5.00. The number of aryl methyl sites for hydroxylation is 1. The maximum absolute atomic E-state index is 12.6. The zero-order chi connectivity index (χ0) is 14.8. The molecule has 1 nitrogen and oxygen atoms in total. The monoisotopic (exact) mass is 316 g/mol. The standard InChI is InChI=1S/C18H20OS2/c1-12(2)9-13-3-5-14(6-4-13)18(19)17-10-15-11-20-8-7-16(15)21-17/h3-6,10,12H,7-9,11H2,1-2H3. The van der Waals surface area contributed by atoms with Crippen molar-refractivity contribution in [2.75, 3.05) is 5.75 Å². The number of carbonyl (C=O) groups is 1. The van der Waals surface area contributed by atoms with Gasteiger partial charge in [-0.2, -0.15) is 11.8 Å². The number of carbonyl (C=O) groups excluding carboxylic acids is 1. The van der Waals surface area contributed by atoms with Gasteiger partial charge in [0.25, 0.3) is 0 Å². The van der Waals surface area contributed by atoms with Gasteiger partial charge in [0.2, 0.25) is 5.78 Å². The van der Waals surface area contributed by atoms with E-state index in [0.717, 1.165) is 29.0 Å². The lowest BCUT2D eigenvalue weighted by Gasteiger charge is -2.08. The number of ketones is 1. The van der Waals surface area contributed by atoms with Gasteiger partial charge in [-0.15, -0.1) is 11.3 Å². The van der Waals surface area contributed by atoms with Gasteiger partial charge < -0.3 is 0 Å². The molecule has 0 saturated carbocycles. The van der Waals surface area contributed by atoms with Crippen molar-refractivity contribution in [2.24, 2.45) is 5.92 Å². The van der Waals surface area contributed by atoms with E-state index in [1.165, 1.54) is 21.8 Å². The van der Waals surface area contributed by atoms with Crippen LogP contribution >= 0.6 is 23.1 Å². The topological polar surface area (TPSA) is 17.1 Å². The Bertz CT molecular complexity index is 614. The Morgan fingerprint density at radius 3 is 2.67 bits per heavy atom. The number of hydrogen-bond donors (Lipinski definition) is 0. The molecule has 110 valence electrons. The van der Waals surface area contributed by atoms with Gasteiger partial charge in [-0.25, -0.2) is 0 Å². The number of fused-ring (bicyclic) bond motifs is 1. The fraction of sp³-hybridized carbons (Fsp3) is 0.389. The molecule has 0 aliphatic carbocycles. The maximum atomic E-state index is 12.6. The van der Waals surface area contributed by atoms with Crippen LogP contribution in [0.1, 0.15) is 45.1 Å².